The number of hydrogen-bond acceptors (Lipinski definition) is 4. The smallest absolute Gasteiger partial charge is 0.408 e. The van der Waals surface area contributed by atoms with Crippen LogP contribution in [-0.4, -0.2) is 22.6 Å². The van der Waals surface area contributed by atoms with Gasteiger partial charge in [0.2, 0.25) is 5.91 Å². The van der Waals surface area contributed by atoms with E-state index in [9.17, 15) is 14.0 Å². The van der Waals surface area contributed by atoms with Crippen LogP contribution in [0.25, 0.3) is 11.1 Å². The molecule has 0 aliphatic heterocycles. The van der Waals surface area contributed by atoms with Crippen molar-refractivity contribution in [3.05, 3.63) is 47.4 Å². The van der Waals surface area contributed by atoms with E-state index in [4.69, 9.17) is 4.74 Å². The predicted octanol–water partition coefficient (Wildman–Crippen LogP) is 5.13. The normalized spacial score (nSPS) is 14.7. The number of benzene rings is 1. The second-order valence-corrected chi connectivity index (χ2v) is 8.75. The lowest BCUT2D eigenvalue weighted by Gasteiger charge is -2.23. The Balaban J connectivity index is 1.77. The zero-order valence-corrected chi connectivity index (χ0v) is 18.0. The number of aryl methyl sites for hydroxylation is 1. The molecule has 1 aliphatic rings. The number of nitrogens with one attached hydrogen (secondary N) is 2. The quantitative estimate of drug-likeness (QED) is 0.712. The number of hydrogen-bond donors (Lipinski definition) is 2. The second kappa shape index (κ2) is 8.42. The van der Waals surface area contributed by atoms with Gasteiger partial charge < -0.3 is 15.4 Å². The molecule has 0 saturated heterocycles. The SMILES string of the molecule is Cc1cc(-c2cc(NC(=O)C3CC3)ncc2F)ccc1C(C)NC(=O)OC(C)(C)C. The number of carbonyl (C=O) groups is 2. The van der Waals surface area contributed by atoms with Crippen molar-refractivity contribution in [3.8, 4) is 11.1 Å². The van der Waals surface area contributed by atoms with E-state index in [2.05, 4.69) is 15.6 Å². The Hall–Kier alpha value is -2.96. The standard InChI is InChI=1S/C23H28FN3O3/c1-13-10-16(8-9-17(13)14(2)26-22(29)30-23(3,4)5)18-11-20(25-12-19(18)24)27-21(28)15-6-7-15/h8-12,14-15H,6-7H2,1-5H3,(H,26,29)(H,25,27,28). The fraction of sp³-hybridized carbons (Fsp3) is 0.435. The largest absolute Gasteiger partial charge is 0.444 e. The summed E-state index contributed by atoms with van der Waals surface area (Å²) in [5.41, 5.74) is 2.26. The zero-order chi connectivity index (χ0) is 22.1. The van der Waals surface area contributed by atoms with Crippen molar-refractivity contribution in [1.82, 2.24) is 10.3 Å². The maximum absolute atomic E-state index is 14.4. The fourth-order valence-electron chi connectivity index (χ4n) is 3.19. The number of pyridine rings is 1. The van der Waals surface area contributed by atoms with Crippen molar-refractivity contribution in [2.45, 2.75) is 59.1 Å². The van der Waals surface area contributed by atoms with Gasteiger partial charge in [-0.25, -0.2) is 14.2 Å². The van der Waals surface area contributed by atoms with E-state index in [1.165, 1.54) is 0 Å². The molecule has 1 saturated carbocycles. The summed E-state index contributed by atoms with van der Waals surface area (Å²) in [7, 11) is 0. The number of nitrogens with zero attached hydrogens (tertiary/aromatic N) is 1. The van der Waals surface area contributed by atoms with Crippen LogP contribution in [0.1, 0.15) is 57.7 Å². The molecule has 1 aliphatic carbocycles. The van der Waals surface area contributed by atoms with E-state index < -0.39 is 17.5 Å². The lowest BCUT2D eigenvalue weighted by molar-refractivity contribution is -0.117. The van der Waals surface area contributed by atoms with E-state index in [-0.39, 0.29) is 17.9 Å². The molecule has 0 spiro atoms. The highest BCUT2D eigenvalue weighted by Gasteiger charge is 2.30. The second-order valence-electron chi connectivity index (χ2n) is 8.75. The number of amides is 2. The number of anilines is 1. The molecule has 7 heteroatoms. The summed E-state index contributed by atoms with van der Waals surface area (Å²) in [6, 6.07) is 6.78. The molecule has 0 radical (unpaired) electrons. The van der Waals surface area contributed by atoms with Gasteiger partial charge in [-0.1, -0.05) is 18.2 Å². The Kier molecular flexibility index (Phi) is 6.10. The van der Waals surface area contributed by atoms with Gasteiger partial charge in [-0.3, -0.25) is 4.79 Å². The van der Waals surface area contributed by atoms with Crippen LogP contribution in [0.3, 0.4) is 0 Å². The molecule has 6 nitrogen and oxygen atoms in total. The maximum Gasteiger partial charge on any atom is 0.408 e. The third-order valence-electron chi connectivity index (χ3n) is 4.84. The summed E-state index contributed by atoms with van der Waals surface area (Å²) in [5.74, 6) is -0.161. The molecule has 30 heavy (non-hydrogen) atoms. The van der Waals surface area contributed by atoms with Crippen LogP contribution >= 0.6 is 0 Å². The third-order valence-corrected chi connectivity index (χ3v) is 4.84. The lowest BCUT2D eigenvalue weighted by Crippen LogP contribution is -2.34. The Labute approximate surface area is 176 Å². The number of carbonyl (C=O) groups excluding carboxylic acids is 2. The van der Waals surface area contributed by atoms with Crippen LogP contribution in [0.15, 0.2) is 30.5 Å². The molecule has 2 aromatic rings. The van der Waals surface area contributed by atoms with Gasteiger partial charge in [-0.2, -0.15) is 0 Å². The highest BCUT2D eigenvalue weighted by atomic mass is 19.1. The summed E-state index contributed by atoms with van der Waals surface area (Å²) < 4.78 is 19.7. The molecule has 1 aromatic heterocycles. The van der Waals surface area contributed by atoms with Crippen molar-refractivity contribution in [3.63, 3.8) is 0 Å². The van der Waals surface area contributed by atoms with E-state index >= 15 is 0 Å². The topological polar surface area (TPSA) is 80.3 Å². The first-order valence-corrected chi connectivity index (χ1v) is 10.1. The molecule has 1 atom stereocenters. The number of aromatic nitrogens is 1. The minimum absolute atomic E-state index is 0.0424. The Bertz CT molecular complexity index is 965. The van der Waals surface area contributed by atoms with Crippen LogP contribution in [-0.2, 0) is 9.53 Å². The minimum atomic E-state index is -0.575. The Morgan fingerprint density at radius 2 is 1.93 bits per heavy atom. The van der Waals surface area contributed by atoms with Crippen molar-refractivity contribution in [1.29, 1.82) is 0 Å². The monoisotopic (exact) mass is 413 g/mol. The fourth-order valence-corrected chi connectivity index (χ4v) is 3.19. The maximum atomic E-state index is 14.4. The molecule has 2 N–H and O–H groups in total. The number of ether oxygens (including phenoxy) is 1. The van der Waals surface area contributed by atoms with E-state index in [1.807, 2.05) is 46.8 Å². The Morgan fingerprint density at radius 3 is 2.53 bits per heavy atom. The van der Waals surface area contributed by atoms with Crippen LogP contribution in [0, 0.1) is 18.7 Å². The van der Waals surface area contributed by atoms with Gasteiger partial charge in [0.05, 0.1) is 12.2 Å². The lowest BCUT2D eigenvalue weighted by atomic mass is 9.96. The van der Waals surface area contributed by atoms with Gasteiger partial charge >= 0.3 is 6.09 Å². The molecule has 2 amide bonds. The van der Waals surface area contributed by atoms with Gasteiger partial charge in [0.1, 0.15) is 17.2 Å². The number of rotatable bonds is 5. The van der Waals surface area contributed by atoms with E-state index in [1.54, 1.807) is 12.1 Å². The van der Waals surface area contributed by atoms with Crippen molar-refractivity contribution < 1.29 is 18.7 Å². The minimum Gasteiger partial charge on any atom is -0.444 e. The highest BCUT2D eigenvalue weighted by Crippen LogP contribution is 2.32. The molecular weight excluding hydrogens is 385 g/mol. The first-order chi connectivity index (χ1) is 14.0. The summed E-state index contributed by atoms with van der Waals surface area (Å²) in [6.45, 7) is 9.19. The predicted molar refractivity (Wildman–Crippen MR) is 114 cm³/mol. The number of alkyl carbamates (subject to hydrolysis) is 1. The average molecular weight is 413 g/mol. The summed E-state index contributed by atoms with van der Waals surface area (Å²) in [5, 5.41) is 5.57. The molecule has 1 aromatic carbocycles. The van der Waals surface area contributed by atoms with E-state index in [0.29, 0.717) is 16.9 Å². The van der Waals surface area contributed by atoms with Gasteiger partial charge in [-0.15, -0.1) is 0 Å². The summed E-state index contributed by atoms with van der Waals surface area (Å²) in [6.07, 6.45) is 2.40. The summed E-state index contributed by atoms with van der Waals surface area (Å²) >= 11 is 0. The molecule has 1 heterocycles. The van der Waals surface area contributed by atoms with Crippen molar-refractivity contribution in [2.24, 2.45) is 5.92 Å². The molecule has 0 bridgehead atoms. The van der Waals surface area contributed by atoms with Gasteiger partial charge in [0.15, 0.2) is 0 Å². The number of halogens is 1. The van der Waals surface area contributed by atoms with Crippen LogP contribution in [0.4, 0.5) is 15.0 Å². The van der Waals surface area contributed by atoms with Crippen molar-refractivity contribution >= 4 is 17.8 Å². The van der Waals surface area contributed by atoms with Gasteiger partial charge in [0.25, 0.3) is 0 Å². The van der Waals surface area contributed by atoms with Gasteiger partial charge in [0, 0.05) is 11.5 Å². The first kappa shape index (κ1) is 21.7. The molecule has 1 unspecified atom stereocenters. The van der Waals surface area contributed by atoms with Crippen LogP contribution in [0.5, 0.6) is 0 Å². The van der Waals surface area contributed by atoms with Gasteiger partial charge in [-0.05, 0) is 70.2 Å². The van der Waals surface area contributed by atoms with E-state index in [0.717, 1.165) is 30.2 Å². The first-order valence-electron chi connectivity index (χ1n) is 10.1. The molecule has 3 rings (SSSR count). The third kappa shape index (κ3) is 5.55. The Morgan fingerprint density at radius 1 is 1.23 bits per heavy atom. The van der Waals surface area contributed by atoms with Crippen LogP contribution in [0.2, 0.25) is 0 Å². The van der Waals surface area contributed by atoms with Crippen LogP contribution < -0.4 is 10.6 Å². The molecule has 160 valence electrons. The molecular formula is C23H28FN3O3. The molecule has 1 fully saturated rings. The highest BCUT2D eigenvalue weighted by molar-refractivity contribution is 5.93. The summed E-state index contributed by atoms with van der Waals surface area (Å²) in [4.78, 5) is 28.0. The zero-order valence-electron chi connectivity index (χ0n) is 18.0. The van der Waals surface area contributed by atoms with Crippen molar-refractivity contribution in [2.75, 3.05) is 5.32 Å². The average Bonchev–Trinajstić information content (AvgIpc) is 3.46.